The molecule has 0 heterocycles. The van der Waals surface area contributed by atoms with Crippen LogP contribution >= 0.6 is 0 Å². The predicted octanol–water partition coefficient (Wildman–Crippen LogP) is 3.01. The number of carbonyl (C=O) groups excluding carboxylic acids is 1. The van der Waals surface area contributed by atoms with Crippen molar-refractivity contribution in [3.8, 4) is 0 Å². The summed E-state index contributed by atoms with van der Waals surface area (Å²) < 4.78 is 0. The molecule has 1 fully saturated rings. The zero-order chi connectivity index (χ0) is 13.4. The Morgan fingerprint density at radius 1 is 1.33 bits per heavy atom. The van der Waals surface area contributed by atoms with E-state index in [4.69, 9.17) is 0 Å². The molecule has 0 aromatic rings. The van der Waals surface area contributed by atoms with E-state index in [0.717, 1.165) is 18.8 Å². The number of aliphatic hydroxyl groups is 1. The van der Waals surface area contributed by atoms with Gasteiger partial charge in [-0.05, 0) is 32.1 Å². The van der Waals surface area contributed by atoms with Gasteiger partial charge in [-0.3, -0.25) is 4.79 Å². The van der Waals surface area contributed by atoms with Crippen LogP contribution in [0.1, 0.15) is 71.6 Å². The molecule has 1 amide bonds. The average molecular weight is 255 g/mol. The maximum absolute atomic E-state index is 11.8. The smallest absolute Gasteiger partial charge is 0.220 e. The fraction of sp³-hybridized carbons (Fsp3) is 0.933. The van der Waals surface area contributed by atoms with Gasteiger partial charge < -0.3 is 10.4 Å². The Balaban J connectivity index is 2.16. The summed E-state index contributed by atoms with van der Waals surface area (Å²) in [5, 5.41) is 12.2. The van der Waals surface area contributed by atoms with Gasteiger partial charge >= 0.3 is 0 Å². The largest absolute Gasteiger partial charge is 0.394 e. The number of nitrogens with one attached hydrogen (secondary N) is 1. The van der Waals surface area contributed by atoms with Crippen LogP contribution in [-0.4, -0.2) is 23.2 Å². The van der Waals surface area contributed by atoms with Crippen LogP contribution < -0.4 is 5.32 Å². The topological polar surface area (TPSA) is 49.3 Å². The van der Waals surface area contributed by atoms with E-state index in [-0.39, 0.29) is 12.5 Å². The summed E-state index contributed by atoms with van der Waals surface area (Å²) in [7, 11) is 0. The highest BCUT2D eigenvalue weighted by Crippen LogP contribution is 2.27. The molecule has 3 heteroatoms. The Bertz CT molecular complexity index is 243. The maximum atomic E-state index is 11.8. The molecule has 1 rings (SSSR count). The third-order valence-electron chi connectivity index (χ3n) is 4.31. The SMILES string of the molecule is CCC(C)(CO)NC(=O)CCCC1CCCCC1. The molecule has 0 radical (unpaired) electrons. The minimum Gasteiger partial charge on any atom is -0.394 e. The minimum atomic E-state index is -0.443. The lowest BCUT2D eigenvalue weighted by Gasteiger charge is -2.27. The second kappa shape index (κ2) is 7.78. The van der Waals surface area contributed by atoms with Crippen LogP contribution in [0.4, 0.5) is 0 Å². The normalized spacial score (nSPS) is 20.4. The van der Waals surface area contributed by atoms with E-state index in [1.54, 1.807) is 0 Å². The molecule has 0 aromatic carbocycles. The summed E-state index contributed by atoms with van der Waals surface area (Å²) in [4.78, 5) is 11.8. The molecule has 1 atom stereocenters. The van der Waals surface area contributed by atoms with Crippen molar-refractivity contribution in [1.29, 1.82) is 0 Å². The summed E-state index contributed by atoms with van der Waals surface area (Å²) >= 11 is 0. The first kappa shape index (κ1) is 15.5. The summed E-state index contributed by atoms with van der Waals surface area (Å²) in [6.45, 7) is 3.89. The van der Waals surface area contributed by atoms with Gasteiger partial charge in [0, 0.05) is 6.42 Å². The van der Waals surface area contributed by atoms with E-state index < -0.39 is 5.54 Å². The van der Waals surface area contributed by atoms with E-state index in [1.165, 1.54) is 38.5 Å². The molecule has 2 N–H and O–H groups in total. The Kier molecular flexibility index (Phi) is 6.69. The predicted molar refractivity (Wildman–Crippen MR) is 74.4 cm³/mol. The molecular weight excluding hydrogens is 226 g/mol. The molecular formula is C15H29NO2. The monoisotopic (exact) mass is 255 g/mol. The molecule has 0 aromatic heterocycles. The van der Waals surface area contributed by atoms with E-state index >= 15 is 0 Å². The fourth-order valence-corrected chi connectivity index (χ4v) is 2.67. The first-order valence-electron chi connectivity index (χ1n) is 7.51. The van der Waals surface area contributed by atoms with Gasteiger partial charge in [0.05, 0.1) is 12.1 Å². The molecule has 0 bridgehead atoms. The summed E-state index contributed by atoms with van der Waals surface area (Å²) in [6.07, 6.45) is 10.4. The van der Waals surface area contributed by atoms with E-state index in [1.807, 2.05) is 13.8 Å². The fourth-order valence-electron chi connectivity index (χ4n) is 2.67. The highest BCUT2D eigenvalue weighted by atomic mass is 16.3. The van der Waals surface area contributed by atoms with Crippen molar-refractivity contribution >= 4 is 5.91 Å². The molecule has 1 saturated carbocycles. The van der Waals surface area contributed by atoms with Gasteiger partial charge in [-0.2, -0.15) is 0 Å². The molecule has 0 spiro atoms. The molecule has 106 valence electrons. The second-order valence-corrected chi connectivity index (χ2v) is 6.02. The number of aliphatic hydroxyl groups excluding tert-OH is 1. The van der Waals surface area contributed by atoms with E-state index in [0.29, 0.717) is 6.42 Å². The lowest BCUT2D eigenvalue weighted by molar-refractivity contribution is -0.123. The molecule has 0 aliphatic heterocycles. The third kappa shape index (κ3) is 5.38. The zero-order valence-corrected chi connectivity index (χ0v) is 12.0. The average Bonchev–Trinajstić information content (AvgIpc) is 2.40. The number of hydrogen-bond acceptors (Lipinski definition) is 2. The highest BCUT2D eigenvalue weighted by molar-refractivity contribution is 5.76. The maximum Gasteiger partial charge on any atom is 0.220 e. The molecule has 0 saturated heterocycles. The van der Waals surface area contributed by atoms with Gasteiger partial charge in [0.25, 0.3) is 0 Å². The summed E-state index contributed by atoms with van der Waals surface area (Å²) in [5.41, 5.74) is -0.443. The lowest BCUT2D eigenvalue weighted by atomic mass is 9.86. The van der Waals surface area contributed by atoms with Crippen LogP contribution in [0.5, 0.6) is 0 Å². The standard InChI is InChI=1S/C15H29NO2/c1-3-15(2,12-17)16-14(18)11-7-10-13-8-5-4-6-9-13/h13,17H,3-12H2,1-2H3,(H,16,18). The Labute approximate surface area is 111 Å². The van der Waals surface area contributed by atoms with Gasteiger partial charge in [0.15, 0.2) is 0 Å². The van der Waals surface area contributed by atoms with Crippen molar-refractivity contribution in [3.63, 3.8) is 0 Å². The number of carbonyl (C=O) groups is 1. The molecule has 1 aliphatic carbocycles. The van der Waals surface area contributed by atoms with Crippen molar-refractivity contribution in [3.05, 3.63) is 0 Å². The second-order valence-electron chi connectivity index (χ2n) is 6.02. The van der Waals surface area contributed by atoms with Crippen LogP contribution in [0.3, 0.4) is 0 Å². The van der Waals surface area contributed by atoms with Crippen LogP contribution in [0, 0.1) is 5.92 Å². The van der Waals surface area contributed by atoms with Crippen LogP contribution in [-0.2, 0) is 4.79 Å². The molecule has 3 nitrogen and oxygen atoms in total. The first-order chi connectivity index (χ1) is 8.59. The van der Waals surface area contributed by atoms with E-state index in [2.05, 4.69) is 5.32 Å². The Hall–Kier alpha value is -0.570. The van der Waals surface area contributed by atoms with Crippen molar-refractivity contribution in [1.82, 2.24) is 5.32 Å². The van der Waals surface area contributed by atoms with Gasteiger partial charge in [0.2, 0.25) is 5.91 Å². The molecule has 18 heavy (non-hydrogen) atoms. The van der Waals surface area contributed by atoms with Crippen molar-refractivity contribution in [2.75, 3.05) is 6.61 Å². The Morgan fingerprint density at radius 2 is 2.00 bits per heavy atom. The van der Waals surface area contributed by atoms with Crippen molar-refractivity contribution < 1.29 is 9.90 Å². The third-order valence-corrected chi connectivity index (χ3v) is 4.31. The van der Waals surface area contributed by atoms with Crippen LogP contribution in [0.25, 0.3) is 0 Å². The highest BCUT2D eigenvalue weighted by Gasteiger charge is 2.23. The summed E-state index contributed by atoms with van der Waals surface area (Å²) in [5.74, 6) is 0.936. The minimum absolute atomic E-state index is 0.0118. The van der Waals surface area contributed by atoms with Gasteiger partial charge in [-0.15, -0.1) is 0 Å². The quantitative estimate of drug-likeness (QED) is 0.734. The number of amides is 1. The van der Waals surface area contributed by atoms with Crippen molar-refractivity contribution in [2.45, 2.75) is 77.2 Å². The number of rotatable bonds is 7. The van der Waals surface area contributed by atoms with Gasteiger partial charge in [-0.1, -0.05) is 39.0 Å². The van der Waals surface area contributed by atoms with Crippen LogP contribution in [0.15, 0.2) is 0 Å². The number of hydrogen-bond donors (Lipinski definition) is 2. The lowest BCUT2D eigenvalue weighted by Crippen LogP contribution is -2.48. The molecule has 1 aliphatic rings. The molecule has 1 unspecified atom stereocenters. The van der Waals surface area contributed by atoms with Crippen LogP contribution in [0.2, 0.25) is 0 Å². The van der Waals surface area contributed by atoms with Gasteiger partial charge in [-0.25, -0.2) is 0 Å². The zero-order valence-electron chi connectivity index (χ0n) is 12.0. The van der Waals surface area contributed by atoms with Gasteiger partial charge in [0.1, 0.15) is 0 Å². The van der Waals surface area contributed by atoms with E-state index in [9.17, 15) is 9.90 Å². The first-order valence-corrected chi connectivity index (χ1v) is 7.51. The Morgan fingerprint density at radius 3 is 2.56 bits per heavy atom. The van der Waals surface area contributed by atoms with Crippen molar-refractivity contribution in [2.24, 2.45) is 5.92 Å². The summed E-state index contributed by atoms with van der Waals surface area (Å²) in [6, 6.07) is 0.